The lowest BCUT2D eigenvalue weighted by Gasteiger charge is -2.28. The minimum atomic E-state index is 0.242. The molecule has 1 atom stereocenters. The molecular formula is C16H25N. The molecule has 1 aromatic rings. The van der Waals surface area contributed by atoms with Crippen molar-refractivity contribution in [3.8, 4) is 0 Å². The van der Waals surface area contributed by atoms with Gasteiger partial charge in [-0.3, -0.25) is 0 Å². The molecule has 0 aromatic heterocycles. The highest BCUT2D eigenvalue weighted by atomic mass is 15.1. The summed E-state index contributed by atoms with van der Waals surface area (Å²) in [5.41, 5.74) is 4.79. The molecule has 1 aliphatic heterocycles. The third kappa shape index (κ3) is 2.40. The fourth-order valence-electron chi connectivity index (χ4n) is 3.53. The molecule has 0 saturated carbocycles. The van der Waals surface area contributed by atoms with Gasteiger partial charge in [0.25, 0.3) is 0 Å². The second-order valence-electron chi connectivity index (χ2n) is 6.99. The highest BCUT2D eigenvalue weighted by Crippen LogP contribution is 2.47. The molecule has 1 aliphatic rings. The van der Waals surface area contributed by atoms with Crippen molar-refractivity contribution in [3.63, 3.8) is 0 Å². The van der Waals surface area contributed by atoms with Gasteiger partial charge in [-0.15, -0.1) is 0 Å². The van der Waals surface area contributed by atoms with Crippen LogP contribution in [0.1, 0.15) is 56.8 Å². The van der Waals surface area contributed by atoms with E-state index in [4.69, 9.17) is 0 Å². The molecule has 0 spiro atoms. The minimum absolute atomic E-state index is 0.242. The van der Waals surface area contributed by atoms with Crippen LogP contribution in [-0.4, -0.2) is 5.54 Å². The van der Waals surface area contributed by atoms with Gasteiger partial charge in [-0.1, -0.05) is 37.6 Å². The van der Waals surface area contributed by atoms with E-state index in [1.165, 1.54) is 23.1 Å². The summed E-state index contributed by atoms with van der Waals surface area (Å²) in [6.07, 6.45) is 1.22. The number of aryl methyl sites for hydroxylation is 2. The molecule has 1 nitrogen and oxygen atoms in total. The highest BCUT2D eigenvalue weighted by molar-refractivity contribution is 5.35. The minimum Gasteiger partial charge on any atom is -0.304 e. The predicted molar refractivity (Wildman–Crippen MR) is 74.3 cm³/mol. The standard InChI is InChI=1S/C16H25N/c1-11-7-8-13(12(2)9-11)14-15(3,4)10-16(5,6)17-14/h7-9,14,17H,10H2,1-6H3. The van der Waals surface area contributed by atoms with E-state index in [2.05, 4.69) is 65.1 Å². The molecule has 1 heterocycles. The molecule has 0 amide bonds. The summed E-state index contributed by atoms with van der Waals surface area (Å²) in [5.74, 6) is 0. The number of rotatable bonds is 1. The molecule has 17 heavy (non-hydrogen) atoms. The lowest BCUT2D eigenvalue weighted by Crippen LogP contribution is -2.34. The van der Waals surface area contributed by atoms with Gasteiger partial charge < -0.3 is 5.32 Å². The van der Waals surface area contributed by atoms with Crippen molar-refractivity contribution < 1.29 is 0 Å². The zero-order valence-electron chi connectivity index (χ0n) is 12.0. The fourth-order valence-corrected chi connectivity index (χ4v) is 3.53. The van der Waals surface area contributed by atoms with Crippen LogP contribution in [0, 0.1) is 19.3 Å². The lowest BCUT2D eigenvalue weighted by atomic mass is 9.77. The quantitative estimate of drug-likeness (QED) is 0.766. The van der Waals surface area contributed by atoms with Gasteiger partial charge in [-0.2, -0.15) is 0 Å². The summed E-state index contributed by atoms with van der Waals surface area (Å²) in [6.45, 7) is 13.7. The van der Waals surface area contributed by atoms with E-state index in [9.17, 15) is 0 Å². The molecule has 0 aliphatic carbocycles. The van der Waals surface area contributed by atoms with Gasteiger partial charge >= 0.3 is 0 Å². The smallest absolute Gasteiger partial charge is 0.0379 e. The summed E-state index contributed by atoms with van der Waals surface area (Å²) in [5, 5.41) is 3.80. The Morgan fingerprint density at radius 1 is 1.12 bits per heavy atom. The average Bonchev–Trinajstić information content (AvgIpc) is 2.34. The molecule has 1 fully saturated rings. The number of benzene rings is 1. The van der Waals surface area contributed by atoms with Crippen LogP contribution in [0.25, 0.3) is 0 Å². The van der Waals surface area contributed by atoms with Crippen molar-refractivity contribution in [3.05, 3.63) is 34.9 Å². The molecule has 1 unspecified atom stereocenters. The first-order valence-electron chi connectivity index (χ1n) is 6.56. The van der Waals surface area contributed by atoms with Crippen LogP contribution < -0.4 is 5.32 Å². The van der Waals surface area contributed by atoms with Gasteiger partial charge in [0.05, 0.1) is 0 Å². The molecule has 1 aromatic carbocycles. The molecular weight excluding hydrogens is 206 g/mol. The Balaban J connectivity index is 2.40. The Morgan fingerprint density at radius 3 is 2.24 bits per heavy atom. The van der Waals surface area contributed by atoms with Crippen LogP contribution >= 0.6 is 0 Å². The first-order valence-corrected chi connectivity index (χ1v) is 6.56. The summed E-state index contributed by atoms with van der Waals surface area (Å²) in [6, 6.07) is 7.29. The van der Waals surface area contributed by atoms with E-state index in [0.717, 1.165) is 0 Å². The third-order valence-corrected chi connectivity index (χ3v) is 3.95. The molecule has 1 N–H and O–H groups in total. The summed E-state index contributed by atoms with van der Waals surface area (Å²) in [7, 11) is 0. The van der Waals surface area contributed by atoms with Crippen LogP contribution in [-0.2, 0) is 0 Å². The second-order valence-corrected chi connectivity index (χ2v) is 6.99. The van der Waals surface area contributed by atoms with Crippen molar-refractivity contribution in [1.82, 2.24) is 5.32 Å². The SMILES string of the molecule is Cc1ccc(C2NC(C)(C)CC2(C)C)c(C)c1. The van der Waals surface area contributed by atoms with Crippen molar-refractivity contribution in [2.75, 3.05) is 0 Å². The Kier molecular flexibility index (Phi) is 2.86. The molecule has 0 radical (unpaired) electrons. The monoisotopic (exact) mass is 231 g/mol. The normalized spacial score (nSPS) is 26.1. The second kappa shape index (κ2) is 3.84. The Hall–Kier alpha value is -0.820. The Bertz CT molecular complexity index is 429. The Labute approximate surface area is 106 Å². The molecule has 0 bridgehead atoms. The van der Waals surface area contributed by atoms with E-state index in [-0.39, 0.29) is 5.54 Å². The van der Waals surface area contributed by atoms with Gasteiger partial charge in [0.1, 0.15) is 0 Å². The molecule has 94 valence electrons. The lowest BCUT2D eigenvalue weighted by molar-refractivity contribution is 0.315. The topological polar surface area (TPSA) is 12.0 Å². The van der Waals surface area contributed by atoms with Crippen LogP contribution in [0.3, 0.4) is 0 Å². The van der Waals surface area contributed by atoms with E-state index in [0.29, 0.717) is 11.5 Å². The summed E-state index contributed by atoms with van der Waals surface area (Å²) in [4.78, 5) is 0. The highest BCUT2D eigenvalue weighted by Gasteiger charge is 2.45. The number of nitrogens with one attached hydrogen (secondary N) is 1. The average molecular weight is 231 g/mol. The van der Waals surface area contributed by atoms with Crippen LogP contribution in [0.15, 0.2) is 18.2 Å². The van der Waals surface area contributed by atoms with Crippen molar-refractivity contribution in [2.45, 2.75) is 59.5 Å². The van der Waals surface area contributed by atoms with Gasteiger partial charge in [-0.05, 0) is 50.7 Å². The summed E-state index contributed by atoms with van der Waals surface area (Å²) < 4.78 is 0. The first-order chi connectivity index (χ1) is 7.71. The van der Waals surface area contributed by atoms with Crippen LogP contribution in [0.2, 0.25) is 0 Å². The predicted octanol–water partition coefficient (Wildman–Crippen LogP) is 4.14. The van der Waals surface area contributed by atoms with Crippen LogP contribution in [0.4, 0.5) is 0 Å². The van der Waals surface area contributed by atoms with Gasteiger partial charge in [0, 0.05) is 11.6 Å². The van der Waals surface area contributed by atoms with Gasteiger partial charge in [0.15, 0.2) is 0 Å². The largest absolute Gasteiger partial charge is 0.304 e. The fraction of sp³-hybridized carbons (Fsp3) is 0.625. The maximum atomic E-state index is 3.80. The first kappa shape index (κ1) is 12.6. The van der Waals surface area contributed by atoms with E-state index < -0.39 is 0 Å². The number of hydrogen-bond acceptors (Lipinski definition) is 1. The molecule has 2 rings (SSSR count). The van der Waals surface area contributed by atoms with E-state index in [1.807, 2.05) is 0 Å². The zero-order valence-corrected chi connectivity index (χ0v) is 12.0. The van der Waals surface area contributed by atoms with Crippen LogP contribution in [0.5, 0.6) is 0 Å². The van der Waals surface area contributed by atoms with Crippen molar-refractivity contribution in [1.29, 1.82) is 0 Å². The van der Waals surface area contributed by atoms with E-state index in [1.54, 1.807) is 0 Å². The maximum absolute atomic E-state index is 3.80. The van der Waals surface area contributed by atoms with Gasteiger partial charge in [0.2, 0.25) is 0 Å². The van der Waals surface area contributed by atoms with E-state index >= 15 is 0 Å². The molecule has 1 heteroatoms. The molecule has 1 saturated heterocycles. The third-order valence-electron chi connectivity index (χ3n) is 3.95. The zero-order chi connectivity index (χ0) is 12.8. The van der Waals surface area contributed by atoms with Gasteiger partial charge in [-0.25, -0.2) is 0 Å². The Morgan fingerprint density at radius 2 is 1.76 bits per heavy atom. The summed E-state index contributed by atoms with van der Waals surface area (Å²) >= 11 is 0. The van der Waals surface area contributed by atoms with Crippen molar-refractivity contribution in [2.24, 2.45) is 5.41 Å². The number of hydrogen-bond donors (Lipinski definition) is 1. The maximum Gasteiger partial charge on any atom is 0.0379 e. The van der Waals surface area contributed by atoms with Crippen molar-refractivity contribution >= 4 is 0 Å².